The van der Waals surface area contributed by atoms with Crippen LogP contribution >= 0.6 is 15.9 Å². The number of halogens is 1. The molecule has 0 N–H and O–H groups in total. The molecule has 8 heteroatoms. The predicted octanol–water partition coefficient (Wildman–Crippen LogP) is 2.99. The van der Waals surface area contributed by atoms with Crippen molar-refractivity contribution in [3.63, 3.8) is 0 Å². The fraction of sp³-hybridized carbons (Fsp3) is 0.316. The second-order valence-corrected chi connectivity index (χ2v) is 8.82. The number of carbonyl (C=O) groups is 1. The standard InChI is InChI=1S/C19H21BrN2O4S/c1-2-26-17-9-5-3-7-15(17)19(23)21-11-13-22(14-12-21)27(24,25)18-10-6-4-8-16(18)20/h3-10H,2,11-14H2,1H3. The first-order valence-corrected chi connectivity index (χ1v) is 10.9. The summed E-state index contributed by atoms with van der Waals surface area (Å²) in [5.41, 5.74) is 0.501. The van der Waals surface area contributed by atoms with E-state index in [0.29, 0.717) is 35.5 Å². The fourth-order valence-corrected chi connectivity index (χ4v) is 5.41. The molecule has 0 radical (unpaired) electrons. The van der Waals surface area contributed by atoms with Crippen molar-refractivity contribution in [2.45, 2.75) is 11.8 Å². The zero-order chi connectivity index (χ0) is 19.4. The SMILES string of the molecule is CCOc1ccccc1C(=O)N1CCN(S(=O)(=O)c2ccccc2Br)CC1. The lowest BCUT2D eigenvalue weighted by molar-refractivity contribution is 0.0693. The molecule has 2 aromatic rings. The maximum absolute atomic E-state index is 12.9. The van der Waals surface area contributed by atoms with Crippen LogP contribution in [0.25, 0.3) is 0 Å². The molecule has 1 heterocycles. The van der Waals surface area contributed by atoms with Gasteiger partial charge in [0, 0.05) is 30.7 Å². The third kappa shape index (κ3) is 4.17. The van der Waals surface area contributed by atoms with Crippen LogP contribution in [0, 0.1) is 0 Å². The highest BCUT2D eigenvalue weighted by Gasteiger charge is 2.32. The number of sulfonamides is 1. The van der Waals surface area contributed by atoms with Gasteiger partial charge in [-0.3, -0.25) is 4.79 Å². The maximum atomic E-state index is 12.9. The first kappa shape index (κ1) is 19.9. The van der Waals surface area contributed by atoms with Crippen LogP contribution in [0.2, 0.25) is 0 Å². The van der Waals surface area contributed by atoms with Crippen molar-refractivity contribution in [2.24, 2.45) is 0 Å². The number of amides is 1. The smallest absolute Gasteiger partial charge is 0.257 e. The lowest BCUT2D eigenvalue weighted by Crippen LogP contribution is -2.50. The fourth-order valence-electron chi connectivity index (χ4n) is 3.02. The van der Waals surface area contributed by atoms with Gasteiger partial charge in [0.2, 0.25) is 10.0 Å². The molecule has 3 rings (SSSR count). The number of para-hydroxylation sites is 1. The van der Waals surface area contributed by atoms with Crippen molar-refractivity contribution in [3.8, 4) is 5.75 Å². The molecule has 1 aliphatic heterocycles. The Labute approximate surface area is 167 Å². The van der Waals surface area contributed by atoms with Gasteiger partial charge in [0.25, 0.3) is 5.91 Å². The molecule has 0 atom stereocenters. The summed E-state index contributed by atoms with van der Waals surface area (Å²) in [6, 6.07) is 13.9. The molecule has 2 aromatic carbocycles. The quantitative estimate of drug-likeness (QED) is 0.698. The normalized spacial score (nSPS) is 15.6. The summed E-state index contributed by atoms with van der Waals surface area (Å²) in [5.74, 6) is 0.408. The van der Waals surface area contributed by atoms with Gasteiger partial charge in [0.1, 0.15) is 5.75 Å². The van der Waals surface area contributed by atoms with Gasteiger partial charge in [0.05, 0.1) is 17.1 Å². The second kappa shape index (κ2) is 8.41. The average Bonchev–Trinajstić information content (AvgIpc) is 2.68. The summed E-state index contributed by atoms with van der Waals surface area (Å²) in [6.45, 7) is 3.53. The summed E-state index contributed by atoms with van der Waals surface area (Å²) in [7, 11) is -3.60. The van der Waals surface area contributed by atoms with Crippen LogP contribution in [0.4, 0.5) is 0 Å². The van der Waals surface area contributed by atoms with Crippen molar-refractivity contribution in [1.29, 1.82) is 0 Å². The van der Waals surface area contributed by atoms with Crippen LogP contribution in [0.5, 0.6) is 5.75 Å². The second-order valence-electron chi connectivity index (χ2n) is 6.06. The molecular weight excluding hydrogens is 432 g/mol. The minimum Gasteiger partial charge on any atom is -0.493 e. The Balaban J connectivity index is 1.72. The Morgan fingerprint density at radius 2 is 1.67 bits per heavy atom. The average molecular weight is 453 g/mol. The molecule has 1 saturated heterocycles. The van der Waals surface area contributed by atoms with E-state index < -0.39 is 10.0 Å². The van der Waals surface area contributed by atoms with Gasteiger partial charge in [0.15, 0.2) is 0 Å². The first-order chi connectivity index (χ1) is 12.9. The van der Waals surface area contributed by atoms with Gasteiger partial charge < -0.3 is 9.64 Å². The van der Waals surface area contributed by atoms with E-state index in [1.165, 1.54) is 4.31 Å². The molecule has 144 valence electrons. The molecule has 0 saturated carbocycles. The van der Waals surface area contributed by atoms with E-state index in [0.717, 1.165) is 0 Å². The number of piperazine rings is 1. The highest BCUT2D eigenvalue weighted by molar-refractivity contribution is 9.10. The molecule has 0 aromatic heterocycles. The summed E-state index contributed by atoms with van der Waals surface area (Å²) in [4.78, 5) is 14.8. The van der Waals surface area contributed by atoms with Crippen molar-refractivity contribution >= 4 is 31.9 Å². The molecule has 1 amide bonds. The van der Waals surface area contributed by atoms with Crippen LogP contribution in [0.15, 0.2) is 57.9 Å². The van der Waals surface area contributed by atoms with Crippen molar-refractivity contribution in [1.82, 2.24) is 9.21 Å². The van der Waals surface area contributed by atoms with Crippen LogP contribution < -0.4 is 4.74 Å². The Morgan fingerprint density at radius 3 is 2.33 bits per heavy atom. The number of carbonyl (C=O) groups excluding carboxylic acids is 1. The third-order valence-corrected chi connectivity index (χ3v) is 7.31. The van der Waals surface area contributed by atoms with Crippen LogP contribution in [0.1, 0.15) is 17.3 Å². The van der Waals surface area contributed by atoms with Crippen LogP contribution in [0.3, 0.4) is 0 Å². The molecule has 1 aliphatic rings. The zero-order valence-electron chi connectivity index (χ0n) is 15.0. The van der Waals surface area contributed by atoms with E-state index >= 15 is 0 Å². The van der Waals surface area contributed by atoms with Gasteiger partial charge in [-0.05, 0) is 47.1 Å². The Kier molecular flexibility index (Phi) is 6.18. The van der Waals surface area contributed by atoms with Gasteiger partial charge in [-0.2, -0.15) is 4.31 Å². The van der Waals surface area contributed by atoms with Crippen LogP contribution in [-0.2, 0) is 10.0 Å². The largest absolute Gasteiger partial charge is 0.493 e. The molecule has 0 spiro atoms. The van der Waals surface area contributed by atoms with Gasteiger partial charge in [-0.25, -0.2) is 8.42 Å². The maximum Gasteiger partial charge on any atom is 0.257 e. The predicted molar refractivity (Wildman–Crippen MR) is 106 cm³/mol. The summed E-state index contributed by atoms with van der Waals surface area (Å²) >= 11 is 3.30. The zero-order valence-corrected chi connectivity index (χ0v) is 17.4. The molecule has 0 unspecified atom stereocenters. The molecule has 0 aliphatic carbocycles. The Morgan fingerprint density at radius 1 is 1.04 bits per heavy atom. The molecular formula is C19H21BrN2O4S. The molecule has 0 bridgehead atoms. The summed E-state index contributed by atoms with van der Waals surface area (Å²) < 4.78 is 33.2. The first-order valence-electron chi connectivity index (χ1n) is 8.71. The minimum atomic E-state index is -3.60. The van der Waals surface area contributed by atoms with E-state index in [1.54, 1.807) is 47.4 Å². The highest BCUT2D eigenvalue weighted by atomic mass is 79.9. The topological polar surface area (TPSA) is 66.9 Å². The Bertz CT molecular complexity index is 925. The number of rotatable bonds is 5. The molecule has 6 nitrogen and oxygen atoms in total. The van der Waals surface area contributed by atoms with E-state index in [4.69, 9.17) is 4.74 Å². The monoisotopic (exact) mass is 452 g/mol. The van der Waals surface area contributed by atoms with Gasteiger partial charge in [-0.1, -0.05) is 24.3 Å². The third-order valence-electron chi connectivity index (χ3n) is 4.40. The minimum absolute atomic E-state index is 0.142. The van der Waals surface area contributed by atoms with E-state index in [9.17, 15) is 13.2 Å². The highest BCUT2D eigenvalue weighted by Crippen LogP contribution is 2.26. The van der Waals surface area contributed by atoms with Crippen molar-refractivity contribution < 1.29 is 17.9 Å². The molecule has 27 heavy (non-hydrogen) atoms. The van der Waals surface area contributed by atoms with Crippen molar-refractivity contribution in [3.05, 3.63) is 58.6 Å². The lowest BCUT2D eigenvalue weighted by Gasteiger charge is -2.34. The van der Waals surface area contributed by atoms with Crippen molar-refractivity contribution in [2.75, 3.05) is 32.8 Å². The van der Waals surface area contributed by atoms with E-state index in [1.807, 2.05) is 13.0 Å². The van der Waals surface area contributed by atoms with Gasteiger partial charge >= 0.3 is 0 Å². The van der Waals surface area contributed by atoms with E-state index in [2.05, 4.69) is 15.9 Å². The van der Waals surface area contributed by atoms with E-state index in [-0.39, 0.29) is 23.9 Å². The Hall–Kier alpha value is -1.90. The summed E-state index contributed by atoms with van der Waals surface area (Å²) in [6.07, 6.45) is 0. The summed E-state index contributed by atoms with van der Waals surface area (Å²) in [5, 5.41) is 0. The van der Waals surface area contributed by atoms with Crippen LogP contribution in [-0.4, -0.2) is 56.3 Å². The number of hydrogen-bond acceptors (Lipinski definition) is 4. The number of hydrogen-bond donors (Lipinski definition) is 0. The lowest BCUT2D eigenvalue weighted by atomic mass is 10.1. The number of nitrogens with zero attached hydrogens (tertiary/aromatic N) is 2. The van der Waals surface area contributed by atoms with Gasteiger partial charge in [-0.15, -0.1) is 0 Å². The molecule has 1 fully saturated rings. The number of ether oxygens (including phenoxy) is 1. The number of benzene rings is 2.